The highest BCUT2D eigenvalue weighted by Crippen LogP contribution is 2.31. The Morgan fingerprint density at radius 3 is 2.60 bits per heavy atom. The molecule has 11 nitrogen and oxygen atoms in total. The second-order valence-electron chi connectivity index (χ2n) is 12.6. The highest BCUT2D eigenvalue weighted by atomic mass is 16.6. The van der Waals surface area contributed by atoms with Crippen molar-refractivity contribution in [3.63, 3.8) is 0 Å². The van der Waals surface area contributed by atoms with Crippen LogP contribution in [0.5, 0.6) is 5.88 Å². The topological polar surface area (TPSA) is 139 Å². The van der Waals surface area contributed by atoms with Gasteiger partial charge in [0, 0.05) is 24.6 Å². The Labute approximate surface area is 246 Å². The Morgan fingerprint density at radius 1 is 1.10 bits per heavy atom. The minimum atomic E-state index is -1.12. The fourth-order valence-corrected chi connectivity index (χ4v) is 6.03. The number of pyridine rings is 1. The molecular weight excluding hydrogens is 539 g/mol. The highest BCUT2D eigenvalue weighted by Gasteiger charge is 2.47. The molecular formula is C30H41BN4O7. The SMILES string of the molecule is CC(C)(C)[C@H](NC(=O)OC1CCCC1)C(=O)N1C[C@H](Oc2nccc3ccccc23)C[C@H]1C(=O)N[C@@H]1CCCOB1O. The van der Waals surface area contributed by atoms with Gasteiger partial charge in [0.1, 0.15) is 24.3 Å². The lowest BCUT2D eigenvalue weighted by Gasteiger charge is -2.35. The first-order valence-electron chi connectivity index (χ1n) is 15.0. The maximum absolute atomic E-state index is 14.2. The first-order chi connectivity index (χ1) is 20.1. The summed E-state index contributed by atoms with van der Waals surface area (Å²) in [6.07, 6.45) is 5.49. The van der Waals surface area contributed by atoms with Crippen LogP contribution in [0.15, 0.2) is 36.5 Å². The van der Waals surface area contributed by atoms with Crippen molar-refractivity contribution in [2.75, 3.05) is 13.2 Å². The number of hydrogen-bond acceptors (Lipinski definition) is 8. The second kappa shape index (κ2) is 12.9. The van der Waals surface area contributed by atoms with E-state index in [2.05, 4.69) is 15.6 Å². The van der Waals surface area contributed by atoms with Gasteiger partial charge in [-0.05, 0) is 61.5 Å². The molecule has 1 aliphatic carbocycles. The molecule has 1 aromatic heterocycles. The maximum atomic E-state index is 14.2. The fourth-order valence-electron chi connectivity index (χ4n) is 6.03. The summed E-state index contributed by atoms with van der Waals surface area (Å²) in [4.78, 5) is 46.6. The van der Waals surface area contributed by atoms with E-state index in [0.29, 0.717) is 25.3 Å². The van der Waals surface area contributed by atoms with Crippen molar-refractivity contribution in [3.05, 3.63) is 36.5 Å². The number of amides is 3. The minimum Gasteiger partial charge on any atom is -0.472 e. The molecule has 3 aliphatic rings. The van der Waals surface area contributed by atoms with Gasteiger partial charge in [-0.1, -0.05) is 39.0 Å². The summed E-state index contributed by atoms with van der Waals surface area (Å²) in [7, 11) is -1.12. The normalized spacial score (nSPS) is 24.0. The Bertz CT molecular complexity index is 1280. The summed E-state index contributed by atoms with van der Waals surface area (Å²) in [5.74, 6) is -0.964. The number of hydrogen-bond donors (Lipinski definition) is 3. The Kier molecular flexibility index (Phi) is 9.22. The number of benzene rings is 1. The molecule has 42 heavy (non-hydrogen) atoms. The van der Waals surface area contributed by atoms with Crippen LogP contribution < -0.4 is 15.4 Å². The van der Waals surface area contributed by atoms with E-state index in [-0.39, 0.29) is 19.1 Å². The van der Waals surface area contributed by atoms with Crippen LogP contribution in [0, 0.1) is 5.41 Å². The van der Waals surface area contributed by atoms with Gasteiger partial charge in [0.2, 0.25) is 17.7 Å². The van der Waals surface area contributed by atoms with E-state index < -0.39 is 54.6 Å². The van der Waals surface area contributed by atoms with E-state index in [4.69, 9.17) is 14.1 Å². The number of rotatable bonds is 7. The molecule has 3 N–H and O–H groups in total. The summed E-state index contributed by atoms with van der Waals surface area (Å²) in [5, 5.41) is 17.8. The molecule has 1 saturated carbocycles. The smallest absolute Gasteiger partial charge is 0.472 e. The van der Waals surface area contributed by atoms with Crippen LogP contribution in [-0.4, -0.2) is 83.3 Å². The number of carbonyl (C=O) groups excluding carboxylic acids is 3. The zero-order chi connectivity index (χ0) is 29.9. The molecule has 5 rings (SSSR count). The van der Waals surface area contributed by atoms with Gasteiger partial charge in [0.05, 0.1) is 12.5 Å². The zero-order valence-corrected chi connectivity index (χ0v) is 24.6. The van der Waals surface area contributed by atoms with Crippen LogP contribution in [0.25, 0.3) is 10.8 Å². The van der Waals surface area contributed by atoms with E-state index in [0.717, 1.165) is 36.5 Å². The van der Waals surface area contributed by atoms with Crippen molar-refractivity contribution in [2.45, 2.75) is 95.9 Å². The van der Waals surface area contributed by atoms with Gasteiger partial charge >= 0.3 is 13.2 Å². The van der Waals surface area contributed by atoms with Gasteiger partial charge in [-0.15, -0.1) is 0 Å². The largest absolute Gasteiger partial charge is 0.478 e. The molecule has 2 aromatic rings. The van der Waals surface area contributed by atoms with Crippen molar-refractivity contribution in [1.29, 1.82) is 0 Å². The lowest BCUT2D eigenvalue weighted by molar-refractivity contribution is -0.142. The summed E-state index contributed by atoms with van der Waals surface area (Å²) in [6.45, 7) is 6.13. The van der Waals surface area contributed by atoms with Gasteiger partial charge in [-0.3, -0.25) is 9.59 Å². The molecule has 2 saturated heterocycles. The number of nitrogens with one attached hydrogen (secondary N) is 2. The number of fused-ring (bicyclic) bond motifs is 1. The lowest BCUT2D eigenvalue weighted by atomic mass is 9.74. The monoisotopic (exact) mass is 580 g/mol. The molecule has 2 aliphatic heterocycles. The van der Waals surface area contributed by atoms with Crippen LogP contribution in [-0.2, 0) is 19.0 Å². The van der Waals surface area contributed by atoms with Crippen molar-refractivity contribution in [1.82, 2.24) is 20.5 Å². The number of carbonyl (C=O) groups is 3. The third kappa shape index (κ3) is 6.98. The van der Waals surface area contributed by atoms with Gasteiger partial charge in [0.15, 0.2) is 0 Å². The van der Waals surface area contributed by atoms with Gasteiger partial charge in [-0.25, -0.2) is 9.78 Å². The molecule has 0 unspecified atom stereocenters. The van der Waals surface area contributed by atoms with Crippen LogP contribution >= 0.6 is 0 Å². The van der Waals surface area contributed by atoms with Gasteiger partial charge in [-0.2, -0.15) is 0 Å². The summed E-state index contributed by atoms with van der Waals surface area (Å²) in [6, 6.07) is 7.78. The fraction of sp³-hybridized carbons (Fsp3) is 0.600. The summed E-state index contributed by atoms with van der Waals surface area (Å²) >= 11 is 0. The van der Waals surface area contributed by atoms with E-state index in [1.54, 1.807) is 6.20 Å². The molecule has 0 spiro atoms. The maximum Gasteiger partial charge on any atom is 0.478 e. The van der Waals surface area contributed by atoms with E-state index in [1.165, 1.54) is 4.90 Å². The molecule has 3 fully saturated rings. The van der Waals surface area contributed by atoms with Crippen LogP contribution in [0.1, 0.15) is 65.7 Å². The van der Waals surface area contributed by atoms with Crippen molar-refractivity contribution in [3.8, 4) is 5.88 Å². The minimum absolute atomic E-state index is 0.122. The number of likely N-dealkylation sites (tertiary alicyclic amines) is 1. The summed E-state index contributed by atoms with van der Waals surface area (Å²) in [5.41, 5.74) is -0.670. The molecule has 226 valence electrons. The molecule has 3 amide bonds. The van der Waals surface area contributed by atoms with Crippen molar-refractivity contribution < 1.29 is 33.5 Å². The third-order valence-corrected chi connectivity index (χ3v) is 8.33. The standard InChI is InChI=1S/C30H41BN4O7/c1-30(2,3)25(34-29(38)42-20-10-5-6-11-20)28(37)35-18-21(41-27-22-12-7-4-9-19(22)14-15-32-27)17-23(35)26(36)33-24-13-8-16-40-31(24)39/h4,7,9,12,14-15,20-21,23-25,39H,5-6,8,10-11,13,16-18H2,1-3H3,(H,33,36)(H,34,38)/t21-,23+,24-,25-/m1/s1. The summed E-state index contributed by atoms with van der Waals surface area (Å²) < 4.78 is 17.2. The Morgan fingerprint density at radius 2 is 1.86 bits per heavy atom. The van der Waals surface area contributed by atoms with Crippen LogP contribution in [0.4, 0.5) is 4.79 Å². The zero-order valence-electron chi connectivity index (χ0n) is 24.6. The average molecular weight is 580 g/mol. The lowest BCUT2D eigenvalue weighted by Crippen LogP contribution is -2.59. The first-order valence-corrected chi connectivity index (χ1v) is 15.0. The molecule has 0 bridgehead atoms. The highest BCUT2D eigenvalue weighted by molar-refractivity contribution is 6.45. The van der Waals surface area contributed by atoms with E-state index in [9.17, 15) is 19.4 Å². The predicted molar refractivity (Wildman–Crippen MR) is 156 cm³/mol. The van der Waals surface area contributed by atoms with E-state index in [1.807, 2.05) is 51.1 Å². The third-order valence-electron chi connectivity index (χ3n) is 8.33. The van der Waals surface area contributed by atoms with Crippen molar-refractivity contribution >= 4 is 35.8 Å². The van der Waals surface area contributed by atoms with Crippen molar-refractivity contribution in [2.24, 2.45) is 5.41 Å². The number of nitrogens with zero attached hydrogens (tertiary/aromatic N) is 2. The van der Waals surface area contributed by atoms with E-state index >= 15 is 0 Å². The molecule has 0 radical (unpaired) electrons. The molecule has 1 aromatic carbocycles. The molecule has 3 heterocycles. The van der Waals surface area contributed by atoms with Gasteiger partial charge in [0.25, 0.3) is 0 Å². The molecule has 12 heteroatoms. The number of alkyl carbamates (subject to hydrolysis) is 1. The van der Waals surface area contributed by atoms with Crippen LogP contribution in [0.2, 0.25) is 0 Å². The second-order valence-corrected chi connectivity index (χ2v) is 12.6. The first kappa shape index (κ1) is 30.1. The predicted octanol–water partition coefficient (Wildman–Crippen LogP) is 2.98. The number of ether oxygens (including phenoxy) is 2. The Hall–Kier alpha value is -3.38. The van der Waals surface area contributed by atoms with Crippen LogP contribution in [0.3, 0.4) is 0 Å². The molecule has 4 atom stereocenters. The van der Waals surface area contributed by atoms with Gasteiger partial charge < -0.3 is 34.7 Å². The average Bonchev–Trinajstić information content (AvgIpc) is 3.62. The number of aromatic nitrogens is 1. The Balaban J connectivity index is 1.37. The quantitative estimate of drug-likeness (QED) is 0.425.